The van der Waals surface area contributed by atoms with Gasteiger partial charge >= 0.3 is 0 Å². The molecule has 126 valence electrons. The number of aromatic nitrogens is 1. The molecule has 2 aromatic rings. The van der Waals surface area contributed by atoms with Crippen molar-refractivity contribution < 1.29 is 9.85 Å². The van der Waals surface area contributed by atoms with Crippen LogP contribution in [0.1, 0.15) is 28.4 Å². The zero-order valence-corrected chi connectivity index (χ0v) is 13.7. The van der Waals surface area contributed by atoms with E-state index in [9.17, 15) is 20.2 Å². The van der Waals surface area contributed by atoms with E-state index in [1.54, 1.807) is 11.3 Å². The Balaban J connectivity index is 1.67. The van der Waals surface area contributed by atoms with Crippen molar-refractivity contribution in [2.45, 2.75) is 32.1 Å². The average molecular weight is 348 g/mol. The Kier molecular flexibility index (Phi) is 4.70. The van der Waals surface area contributed by atoms with Crippen LogP contribution in [0, 0.1) is 20.2 Å². The number of fused-ring (bicyclic) bond motifs is 1. The van der Waals surface area contributed by atoms with Crippen LogP contribution in [0.2, 0.25) is 0 Å². The van der Waals surface area contributed by atoms with Crippen molar-refractivity contribution in [2.75, 3.05) is 11.9 Å². The smallest absolute Gasteiger partial charge is 0.299 e. The molecule has 1 aromatic heterocycles. The van der Waals surface area contributed by atoms with Gasteiger partial charge in [0.25, 0.3) is 11.4 Å². The van der Waals surface area contributed by atoms with E-state index < -0.39 is 9.85 Å². The van der Waals surface area contributed by atoms with Gasteiger partial charge in [-0.2, -0.15) is 0 Å². The van der Waals surface area contributed by atoms with E-state index in [1.807, 2.05) is 0 Å². The summed E-state index contributed by atoms with van der Waals surface area (Å²) in [5, 5.41) is 25.9. The highest BCUT2D eigenvalue weighted by Crippen LogP contribution is 2.30. The highest BCUT2D eigenvalue weighted by atomic mass is 32.1. The Morgan fingerprint density at radius 2 is 1.96 bits per heavy atom. The van der Waals surface area contributed by atoms with Gasteiger partial charge in [0.15, 0.2) is 0 Å². The van der Waals surface area contributed by atoms with Gasteiger partial charge in [-0.3, -0.25) is 20.2 Å². The lowest BCUT2D eigenvalue weighted by Gasteiger charge is -2.06. The maximum absolute atomic E-state index is 11.1. The molecule has 1 N–H and O–H groups in total. The van der Waals surface area contributed by atoms with E-state index in [-0.39, 0.29) is 17.1 Å². The summed E-state index contributed by atoms with van der Waals surface area (Å²) in [7, 11) is 0. The van der Waals surface area contributed by atoms with Gasteiger partial charge in [0.2, 0.25) is 0 Å². The second-order valence-corrected chi connectivity index (χ2v) is 6.75. The van der Waals surface area contributed by atoms with Crippen LogP contribution in [0.5, 0.6) is 0 Å². The number of nitrogens with one attached hydrogen (secondary N) is 1. The zero-order valence-electron chi connectivity index (χ0n) is 12.9. The van der Waals surface area contributed by atoms with E-state index in [0.29, 0.717) is 13.0 Å². The van der Waals surface area contributed by atoms with Crippen LogP contribution >= 0.6 is 11.3 Å². The summed E-state index contributed by atoms with van der Waals surface area (Å²) < 4.78 is 0. The van der Waals surface area contributed by atoms with E-state index in [1.165, 1.54) is 35.5 Å². The highest BCUT2D eigenvalue weighted by Gasteiger charge is 2.19. The van der Waals surface area contributed by atoms with Gasteiger partial charge in [-0.1, -0.05) is 0 Å². The third-order valence-corrected chi connectivity index (χ3v) is 5.15. The molecule has 0 saturated heterocycles. The van der Waals surface area contributed by atoms with Crippen LogP contribution in [0.25, 0.3) is 0 Å². The summed E-state index contributed by atoms with van der Waals surface area (Å²) in [5.74, 6) is 0. The zero-order chi connectivity index (χ0) is 17.1. The Hall–Kier alpha value is -2.55. The predicted octanol–water partition coefficient (Wildman–Crippen LogP) is 3.49. The summed E-state index contributed by atoms with van der Waals surface area (Å²) in [5.41, 5.74) is 0.900. The fraction of sp³-hybridized carbons (Fsp3) is 0.400. The van der Waals surface area contributed by atoms with Gasteiger partial charge in [-0.15, -0.1) is 11.3 Å². The van der Waals surface area contributed by atoms with Crippen LogP contribution in [0.4, 0.5) is 17.1 Å². The standard InChI is InChI=1S/C15H16N4O4S/c20-18(21)10-5-6-11(13(9-10)19(22)23)16-8-7-15-17-12-3-1-2-4-14(12)24-15/h5-6,9,16H,1-4,7-8H2. The number of nitro groups is 2. The Bertz CT molecular complexity index is 766. The van der Waals surface area contributed by atoms with Gasteiger partial charge in [-0.25, -0.2) is 4.98 Å². The molecule has 8 nitrogen and oxygen atoms in total. The van der Waals surface area contributed by atoms with E-state index >= 15 is 0 Å². The molecule has 0 saturated carbocycles. The first kappa shape index (κ1) is 16.3. The van der Waals surface area contributed by atoms with Crippen LogP contribution in [-0.2, 0) is 19.3 Å². The molecule has 1 aromatic carbocycles. The van der Waals surface area contributed by atoms with Gasteiger partial charge in [0.1, 0.15) is 5.69 Å². The number of hydrogen-bond acceptors (Lipinski definition) is 7. The molecule has 1 aliphatic rings. The van der Waals surface area contributed by atoms with Gasteiger partial charge in [-0.05, 0) is 31.7 Å². The predicted molar refractivity (Wildman–Crippen MR) is 90.7 cm³/mol. The number of thiazole rings is 1. The molecule has 0 aliphatic heterocycles. The second-order valence-electron chi connectivity index (χ2n) is 5.58. The molecule has 1 aliphatic carbocycles. The number of nitro benzene ring substituents is 2. The minimum Gasteiger partial charge on any atom is -0.379 e. The first-order valence-corrected chi connectivity index (χ1v) is 8.50. The van der Waals surface area contributed by atoms with Crippen LogP contribution in [-0.4, -0.2) is 21.4 Å². The molecule has 0 radical (unpaired) electrons. The van der Waals surface area contributed by atoms with E-state index in [2.05, 4.69) is 10.3 Å². The third-order valence-electron chi connectivity index (χ3n) is 3.93. The number of hydrogen-bond donors (Lipinski definition) is 1. The maximum atomic E-state index is 11.1. The van der Waals surface area contributed by atoms with Gasteiger partial charge < -0.3 is 5.32 Å². The lowest BCUT2D eigenvalue weighted by atomic mass is 10.0. The number of non-ortho nitro benzene ring substituents is 1. The summed E-state index contributed by atoms with van der Waals surface area (Å²) >= 11 is 1.71. The van der Waals surface area contributed by atoms with Crippen molar-refractivity contribution in [1.82, 2.24) is 4.98 Å². The Morgan fingerprint density at radius 3 is 2.67 bits per heavy atom. The molecule has 0 fully saturated rings. The minimum atomic E-state index is -0.642. The molecule has 0 unspecified atom stereocenters. The third kappa shape index (κ3) is 3.51. The molecule has 0 atom stereocenters. The fourth-order valence-corrected chi connectivity index (χ4v) is 3.91. The normalized spacial score (nSPS) is 13.3. The van der Waals surface area contributed by atoms with Crippen molar-refractivity contribution in [2.24, 2.45) is 0 Å². The summed E-state index contributed by atoms with van der Waals surface area (Å²) in [6.45, 7) is 0.491. The van der Waals surface area contributed by atoms with Crippen LogP contribution < -0.4 is 5.32 Å². The minimum absolute atomic E-state index is 0.284. The number of aryl methyl sites for hydroxylation is 2. The summed E-state index contributed by atoms with van der Waals surface area (Å²) in [4.78, 5) is 26.6. The molecule has 24 heavy (non-hydrogen) atoms. The van der Waals surface area contributed by atoms with Crippen molar-refractivity contribution in [3.63, 3.8) is 0 Å². The largest absolute Gasteiger partial charge is 0.379 e. The highest BCUT2D eigenvalue weighted by molar-refractivity contribution is 7.11. The summed E-state index contributed by atoms with van der Waals surface area (Å²) in [6.07, 6.45) is 5.19. The van der Waals surface area contributed by atoms with Crippen LogP contribution in [0.15, 0.2) is 18.2 Å². The summed E-state index contributed by atoms with van der Waals surface area (Å²) in [6, 6.07) is 3.62. The van der Waals surface area contributed by atoms with Gasteiger partial charge in [0.05, 0.1) is 26.6 Å². The lowest BCUT2D eigenvalue weighted by Crippen LogP contribution is -2.07. The molecule has 0 bridgehead atoms. The maximum Gasteiger partial charge on any atom is 0.299 e. The van der Waals surface area contributed by atoms with Crippen molar-refractivity contribution in [3.8, 4) is 0 Å². The first-order chi connectivity index (χ1) is 11.5. The number of nitrogens with zero attached hydrogens (tertiary/aromatic N) is 3. The molecule has 3 rings (SSSR count). The number of benzene rings is 1. The average Bonchev–Trinajstić information content (AvgIpc) is 2.97. The Labute approximate surface area is 141 Å². The molecule has 0 spiro atoms. The topological polar surface area (TPSA) is 111 Å². The molecular weight excluding hydrogens is 332 g/mol. The van der Waals surface area contributed by atoms with E-state index in [4.69, 9.17) is 0 Å². The molecule has 9 heteroatoms. The van der Waals surface area contributed by atoms with Crippen molar-refractivity contribution >= 4 is 28.4 Å². The number of rotatable bonds is 6. The fourth-order valence-electron chi connectivity index (χ4n) is 2.75. The van der Waals surface area contributed by atoms with Crippen molar-refractivity contribution in [3.05, 3.63) is 54.0 Å². The first-order valence-electron chi connectivity index (χ1n) is 7.69. The van der Waals surface area contributed by atoms with Gasteiger partial charge in [0, 0.05) is 23.9 Å². The quantitative estimate of drug-likeness (QED) is 0.632. The second kappa shape index (κ2) is 6.91. The lowest BCUT2D eigenvalue weighted by molar-refractivity contribution is -0.393. The molecule has 1 heterocycles. The SMILES string of the molecule is O=[N+]([O-])c1ccc(NCCc2nc3c(s2)CCCC3)c([N+](=O)[O-])c1. The monoisotopic (exact) mass is 348 g/mol. The molecular formula is C15H16N4O4S. The van der Waals surface area contributed by atoms with Crippen LogP contribution in [0.3, 0.4) is 0 Å². The van der Waals surface area contributed by atoms with Crippen molar-refractivity contribution in [1.29, 1.82) is 0 Å². The Morgan fingerprint density at radius 1 is 1.17 bits per heavy atom. The number of anilines is 1. The van der Waals surface area contributed by atoms with E-state index in [0.717, 1.165) is 23.9 Å². The molecule has 0 amide bonds.